The lowest BCUT2D eigenvalue weighted by Gasteiger charge is -2.34. The summed E-state index contributed by atoms with van der Waals surface area (Å²) in [5.41, 5.74) is 2.48. The quantitative estimate of drug-likeness (QED) is 0.750. The number of amides is 1. The predicted molar refractivity (Wildman–Crippen MR) is 104 cm³/mol. The Morgan fingerprint density at radius 1 is 1.37 bits per heavy atom. The van der Waals surface area contributed by atoms with Gasteiger partial charge in [0.05, 0.1) is 36.8 Å². The molecule has 1 saturated heterocycles. The van der Waals surface area contributed by atoms with Crippen LogP contribution in [0.3, 0.4) is 0 Å². The highest BCUT2D eigenvalue weighted by molar-refractivity contribution is 5.85. The Morgan fingerprint density at radius 2 is 2.20 bits per heavy atom. The first-order chi connectivity index (χ1) is 14.4. The highest BCUT2D eigenvalue weighted by Crippen LogP contribution is 2.51. The maximum atomic E-state index is 13.4. The summed E-state index contributed by atoms with van der Waals surface area (Å²) < 4.78 is 28.4. The molecular formula is C20H22F2N6O2. The van der Waals surface area contributed by atoms with Gasteiger partial charge in [0, 0.05) is 24.9 Å². The third-order valence-corrected chi connectivity index (χ3v) is 5.98. The van der Waals surface area contributed by atoms with Crippen molar-refractivity contribution in [3.8, 4) is 0 Å². The standard InChI is InChI=1S/C20H22F2N6O2/c21-20(22)9-16(20)18(30)28-14-1-2-15(28)8-12(7-14)17-3-4-23-19(26-17)25-13-10-24-27(11-13)5-6-29/h3-4,7,10-11,14-16,29H,1-2,5-6,8-9H2,(H,23,25,26)/t14?,15?,16-/m0/s1. The second kappa shape index (κ2) is 7.12. The molecule has 3 atom stereocenters. The topological polar surface area (TPSA) is 96.2 Å². The summed E-state index contributed by atoms with van der Waals surface area (Å²) in [7, 11) is 0. The van der Waals surface area contributed by atoms with E-state index in [1.54, 1.807) is 28.2 Å². The minimum Gasteiger partial charge on any atom is -0.394 e. The molecule has 0 radical (unpaired) electrons. The number of carbonyl (C=O) groups excluding carboxylic acids is 1. The van der Waals surface area contributed by atoms with Crippen LogP contribution in [0.15, 0.2) is 30.7 Å². The summed E-state index contributed by atoms with van der Waals surface area (Å²) >= 11 is 0. The molecule has 8 nitrogen and oxygen atoms in total. The largest absolute Gasteiger partial charge is 0.394 e. The molecule has 158 valence electrons. The van der Waals surface area contributed by atoms with Crippen molar-refractivity contribution in [3.63, 3.8) is 0 Å². The maximum absolute atomic E-state index is 13.4. The number of hydrogen-bond acceptors (Lipinski definition) is 6. The normalized spacial score (nSPS) is 26.4. The number of nitrogens with zero attached hydrogens (tertiary/aromatic N) is 5. The number of hydrogen-bond donors (Lipinski definition) is 2. The first kappa shape index (κ1) is 19.1. The number of carbonyl (C=O) groups is 1. The molecule has 1 amide bonds. The van der Waals surface area contributed by atoms with E-state index in [0.29, 0.717) is 24.6 Å². The number of aromatic nitrogens is 4. The Morgan fingerprint density at radius 3 is 2.93 bits per heavy atom. The average molecular weight is 416 g/mol. The lowest BCUT2D eigenvalue weighted by molar-refractivity contribution is -0.137. The molecule has 2 N–H and O–H groups in total. The molecule has 2 bridgehead atoms. The molecule has 2 aliphatic heterocycles. The molecule has 10 heteroatoms. The molecule has 2 aromatic rings. The summed E-state index contributed by atoms with van der Waals surface area (Å²) in [4.78, 5) is 23.0. The van der Waals surface area contributed by atoms with Gasteiger partial charge >= 0.3 is 0 Å². The fourth-order valence-electron chi connectivity index (χ4n) is 4.40. The Bertz CT molecular complexity index is 1010. The van der Waals surface area contributed by atoms with Crippen LogP contribution in [0, 0.1) is 5.92 Å². The van der Waals surface area contributed by atoms with Crippen LogP contribution >= 0.6 is 0 Å². The third-order valence-electron chi connectivity index (χ3n) is 5.98. The van der Waals surface area contributed by atoms with Crippen LogP contribution < -0.4 is 5.32 Å². The first-order valence-corrected chi connectivity index (χ1v) is 10.1. The van der Waals surface area contributed by atoms with Gasteiger partial charge < -0.3 is 15.3 Å². The number of halogens is 2. The zero-order chi connectivity index (χ0) is 20.9. The maximum Gasteiger partial charge on any atom is 0.260 e. The van der Waals surface area contributed by atoms with E-state index >= 15 is 0 Å². The van der Waals surface area contributed by atoms with E-state index in [1.807, 2.05) is 12.1 Å². The van der Waals surface area contributed by atoms with Crippen molar-refractivity contribution in [2.45, 2.75) is 50.2 Å². The van der Waals surface area contributed by atoms with Gasteiger partial charge in [-0.25, -0.2) is 18.7 Å². The van der Waals surface area contributed by atoms with E-state index in [-0.39, 0.29) is 25.1 Å². The van der Waals surface area contributed by atoms with Gasteiger partial charge in [-0.15, -0.1) is 0 Å². The number of fused-ring (bicyclic) bond motifs is 2. The Hall–Kier alpha value is -2.88. The Labute approximate surface area is 171 Å². The lowest BCUT2D eigenvalue weighted by Crippen LogP contribution is -2.44. The molecule has 0 aromatic carbocycles. The van der Waals surface area contributed by atoms with E-state index in [9.17, 15) is 13.6 Å². The Balaban J connectivity index is 1.32. The molecule has 0 spiro atoms. The second-order valence-corrected chi connectivity index (χ2v) is 8.06. The van der Waals surface area contributed by atoms with Crippen LogP contribution in [0.2, 0.25) is 0 Å². The van der Waals surface area contributed by atoms with Crippen LogP contribution in [0.1, 0.15) is 31.4 Å². The van der Waals surface area contributed by atoms with Gasteiger partial charge in [-0.1, -0.05) is 6.08 Å². The van der Waals surface area contributed by atoms with Crippen molar-refractivity contribution < 1.29 is 18.7 Å². The zero-order valence-electron chi connectivity index (χ0n) is 16.2. The van der Waals surface area contributed by atoms with E-state index in [2.05, 4.69) is 20.4 Å². The van der Waals surface area contributed by atoms with Crippen molar-refractivity contribution in [1.82, 2.24) is 24.6 Å². The molecule has 3 aliphatic rings. The lowest BCUT2D eigenvalue weighted by atomic mass is 9.98. The molecule has 4 heterocycles. The number of anilines is 2. The highest BCUT2D eigenvalue weighted by Gasteiger charge is 2.63. The van der Waals surface area contributed by atoms with Crippen LogP contribution in [0.5, 0.6) is 0 Å². The summed E-state index contributed by atoms with van der Waals surface area (Å²) in [6, 6.07) is 1.62. The third kappa shape index (κ3) is 3.45. The molecule has 2 aromatic heterocycles. The van der Waals surface area contributed by atoms with Crippen LogP contribution in [-0.2, 0) is 11.3 Å². The summed E-state index contributed by atoms with van der Waals surface area (Å²) in [5, 5.41) is 16.2. The molecule has 2 unspecified atom stereocenters. The number of nitrogens with one attached hydrogen (secondary N) is 1. The minimum atomic E-state index is -2.83. The number of aliphatic hydroxyl groups excluding tert-OH is 1. The van der Waals surface area contributed by atoms with Gasteiger partial charge in [-0.05, 0) is 30.9 Å². The monoisotopic (exact) mass is 416 g/mol. The van der Waals surface area contributed by atoms with Crippen molar-refractivity contribution in [1.29, 1.82) is 0 Å². The average Bonchev–Trinajstić information content (AvgIpc) is 3.01. The molecular weight excluding hydrogens is 394 g/mol. The molecule has 5 rings (SSSR count). The SMILES string of the molecule is O=C([C@@H]1CC1(F)F)N1C2C=C(c3ccnc(Nc4cnn(CCO)c4)n3)CC1CC2. The van der Waals surface area contributed by atoms with Crippen LogP contribution in [0.4, 0.5) is 20.4 Å². The summed E-state index contributed by atoms with van der Waals surface area (Å²) in [6.45, 7) is 0.405. The summed E-state index contributed by atoms with van der Waals surface area (Å²) in [6.07, 6.45) is 8.92. The molecule has 2 fully saturated rings. The van der Waals surface area contributed by atoms with Crippen LogP contribution in [-0.4, -0.2) is 60.3 Å². The number of aliphatic hydroxyl groups is 1. The van der Waals surface area contributed by atoms with Crippen molar-refractivity contribution >= 4 is 23.1 Å². The van der Waals surface area contributed by atoms with Gasteiger partial charge in [-0.2, -0.15) is 5.10 Å². The molecule has 1 saturated carbocycles. The van der Waals surface area contributed by atoms with E-state index < -0.39 is 17.7 Å². The summed E-state index contributed by atoms with van der Waals surface area (Å²) in [5.74, 6) is -3.97. The number of alkyl halides is 2. The first-order valence-electron chi connectivity index (χ1n) is 10.1. The van der Waals surface area contributed by atoms with Gasteiger partial charge in [0.25, 0.3) is 5.92 Å². The highest BCUT2D eigenvalue weighted by atomic mass is 19.3. The van der Waals surface area contributed by atoms with E-state index in [1.165, 1.54) is 0 Å². The molecule has 30 heavy (non-hydrogen) atoms. The molecule has 1 aliphatic carbocycles. The van der Waals surface area contributed by atoms with Crippen LogP contribution in [0.25, 0.3) is 5.57 Å². The predicted octanol–water partition coefficient (Wildman–Crippen LogP) is 2.21. The van der Waals surface area contributed by atoms with E-state index in [0.717, 1.165) is 24.1 Å². The van der Waals surface area contributed by atoms with Gasteiger partial charge in [0.2, 0.25) is 11.9 Å². The number of rotatable bonds is 6. The second-order valence-electron chi connectivity index (χ2n) is 8.06. The fraction of sp³-hybridized carbons (Fsp3) is 0.500. The zero-order valence-corrected chi connectivity index (χ0v) is 16.2. The van der Waals surface area contributed by atoms with Crippen molar-refractivity contribution in [3.05, 3.63) is 36.4 Å². The fourth-order valence-corrected chi connectivity index (χ4v) is 4.40. The van der Waals surface area contributed by atoms with Crippen molar-refractivity contribution in [2.24, 2.45) is 5.92 Å². The van der Waals surface area contributed by atoms with Crippen molar-refractivity contribution in [2.75, 3.05) is 11.9 Å². The van der Waals surface area contributed by atoms with Gasteiger partial charge in [-0.3, -0.25) is 9.48 Å². The smallest absolute Gasteiger partial charge is 0.260 e. The Kier molecular flexibility index (Phi) is 4.53. The van der Waals surface area contributed by atoms with Gasteiger partial charge in [0.15, 0.2) is 0 Å². The minimum absolute atomic E-state index is 0.00149. The van der Waals surface area contributed by atoms with Gasteiger partial charge in [0.1, 0.15) is 5.92 Å². The van der Waals surface area contributed by atoms with E-state index in [4.69, 9.17) is 5.11 Å².